The van der Waals surface area contributed by atoms with E-state index in [1.165, 1.54) is 24.6 Å². The topological polar surface area (TPSA) is 105 Å². The molecule has 1 aromatic carbocycles. The summed E-state index contributed by atoms with van der Waals surface area (Å²) in [6, 6.07) is 5.55. The second kappa shape index (κ2) is 6.35. The number of benzene rings is 1. The Bertz CT molecular complexity index is 1240. The van der Waals surface area contributed by atoms with Crippen molar-refractivity contribution < 1.29 is 18.3 Å². The van der Waals surface area contributed by atoms with Crippen LogP contribution in [0.1, 0.15) is 18.2 Å². The number of aromatic nitrogens is 2. The van der Waals surface area contributed by atoms with Gasteiger partial charge in [0, 0.05) is 36.6 Å². The molecule has 2 N–H and O–H groups in total. The van der Waals surface area contributed by atoms with E-state index >= 15 is 0 Å². The molecule has 8 nitrogen and oxygen atoms in total. The highest BCUT2D eigenvalue weighted by atomic mass is 32.2. The van der Waals surface area contributed by atoms with E-state index in [0.29, 0.717) is 16.0 Å². The first-order valence-corrected chi connectivity index (χ1v) is 10.8. The molecule has 0 bridgehead atoms. The van der Waals surface area contributed by atoms with Crippen LogP contribution in [0.2, 0.25) is 0 Å². The smallest absolute Gasteiger partial charge is 0.278 e. The maximum absolute atomic E-state index is 13.3. The Hall–Kier alpha value is -2.85. The molecule has 0 fully saturated rings. The molecule has 0 saturated heterocycles. The number of nitrogens with one attached hydrogen (secondary N) is 1. The Kier molecular flexibility index (Phi) is 4.20. The molecule has 3 heterocycles. The van der Waals surface area contributed by atoms with Crippen molar-refractivity contribution in [3.8, 4) is 0 Å². The predicted octanol–water partition coefficient (Wildman–Crippen LogP) is 2.70. The molecule has 146 valence electrons. The monoisotopic (exact) mass is 418 g/mol. The third kappa shape index (κ3) is 2.52. The highest BCUT2D eigenvalue weighted by molar-refractivity contribution is 7.89. The lowest BCUT2D eigenvalue weighted by atomic mass is 10.1. The number of aliphatic hydroxyl groups is 1. The summed E-state index contributed by atoms with van der Waals surface area (Å²) in [5, 5.41) is 15.9. The van der Waals surface area contributed by atoms with Crippen LogP contribution in [-0.2, 0) is 28.3 Å². The zero-order valence-electron chi connectivity index (χ0n) is 15.4. The second-order valence-corrected chi connectivity index (χ2v) is 9.20. The Morgan fingerprint density at radius 1 is 1.32 bits per heavy atom. The van der Waals surface area contributed by atoms with Gasteiger partial charge in [0.1, 0.15) is 10.6 Å². The first-order valence-electron chi connectivity index (χ1n) is 8.52. The molecular formula is C18H18N4O4S2. The van der Waals surface area contributed by atoms with Crippen LogP contribution in [0.3, 0.4) is 0 Å². The molecule has 0 aliphatic carbocycles. The summed E-state index contributed by atoms with van der Waals surface area (Å²) in [6.07, 6.45) is 2.27. The summed E-state index contributed by atoms with van der Waals surface area (Å²) in [5.74, 6) is -1.14. The number of aliphatic hydroxyl groups excluding tert-OH is 1. The number of amides is 1. The van der Waals surface area contributed by atoms with Gasteiger partial charge in [-0.05, 0) is 24.1 Å². The molecule has 0 spiro atoms. The van der Waals surface area contributed by atoms with Crippen LogP contribution in [0.25, 0.3) is 16.7 Å². The number of hydrogen-bond acceptors (Lipinski definition) is 6. The van der Waals surface area contributed by atoms with Crippen LogP contribution in [-0.4, -0.2) is 40.3 Å². The van der Waals surface area contributed by atoms with Gasteiger partial charge in [0.15, 0.2) is 16.6 Å². The van der Waals surface area contributed by atoms with E-state index in [4.69, 9.17) is 0 Å². The van der Waals surface area contributed by atoms with Gasteiger partial charge in [-0.15, -0.1) is 11.3 Å². The fraction of sp³-hybridized carbons (Fsp3) is 0.222. The summed E-state index contributed by atoms with van der Waals surface area (Å²) in [6.45, 7) is 1.98. The van der Waals surface area contributed by atoms with Gasteiger partial charge >= 0.3 is 0 Å². The quantitative estimate of drug-likeness (QED) is 0.681. The first-order chi connectivity index (χ1) is 13.3. The Morgan fingerprint density at radius 3 is 2.71 bits per heavy atom. The molecule has 10 heteroatoms. The van der Waals surface area contributed by atoms with E-state index in [1.54, 1.807) is 17.0 Å². The molecule has 1 aliphatic rings. The highest BCUT2D eigenvalue weighted by Crippen LogP contribution is 2.41. The van der Waals surface area contributed by atoms with Crippen molar-refractivity contribution in [1.29, 1.82) is 0 Å². The molecular weight excluding hydrogens is 400 g/mol. The molecule has 0 radical (unpaired) electrons. The molecule has 28 heavy (non-hydrogen) atoms. The summed E-state index contributed by atoms with van der Waals surface area (Å²) >= 11 is 1.19. The van der Waals surface area contributed by atoms with Crippen LogP contribution in [0.5, 0.6) is 0 Å². The number of anilines is 1. The van der Waals surface area contributed by atoms with Crippen molar-refractivity contribution in [2.75, 3.05) is 12.4 Å². The van der Waals surface area contributed by atoms with Gasteiger partial charge in [0.25, 0.3) is 15.9 Å². The van der Waals surface area contributed by atoms with E-state index in [2.05, 4.69) is 10.3 Å². The molecule has 0 unspecified atom stereocenters. The van der Waals surface area contributed by atoms with Gasteiger partial charge in [-0.1, -0.05) is 13.0 Å². The number of carbonyl (C=O) groups excluding carboxylic acids is 1. The lowest BCUT2D eigenvalue weighted by Crippen LogP contribution is -2.37. The van der Waals surface area contributed by atoms with E-state index in [0.717, 1.165) is 16.3 Å². The summed E-state index contributed by atoms with van der Waals surface area (Å²) in [4.78, 5) is 16.7. The number of thiazole rings is 1. The highest BCUT2D eigenvalue weighted by Gasteiger charge is 2.42. The van der Waals surface area contributed by atoms with Crippen LogP contribution >= 0.6 is 11.3 Å². The minimum absolute atomic E-state index is 0.00565. The zero-order valence-corrected chi connectivity index (χ0v) is 17.1. The van der Waals surface area contributed by atoms with Gasteiger partial charge in [-0.2, -0.15) is 0 Å². The SMILES string of the molecule is CCc1ccc2c(c1)c1c(n2C)C(O)=C(C(=O)Nc2nccs2)N(C)S1(=O)=O. The van der Waals surface area contributed by atoms with Gasteiger partial charge in [-0.3, -0.25) is 14.4 Å². The van der Waals surface area contributed by atoms with Crippen LogP contribution < -0.4 is 5.32 Å². The van der Waals surface area contributed by atoms with E-state index in [-0.39, 0.29) is 16.3 Å². The lowest BCUT2D eigenvalue weighted by Gasteiger charge is -2.27. The summed E-state index contributed by atoms with van der Waals surface area (Å²) in [7, 11) is -1.12. The predicted molar refractivity (Wildman–Crippen MR) is 108 cm³/mol. The second-order valence-electron chi connectivity index (χ2n) is 6.40. The summed E-state index contributed by atoms with van der Waals surface area (Å²) < 4.78 is 29.0. The van der Waals surface area contributed by atoms with Gasteiger partial charge in [-0.25, -0.2) is 13.4 Å². The lowest BCUT2D eigenvalue weighted by molar-refractivity contribution is -0.113. The standard InChI is InChI=1S/C18H18N4O4S2/c1-4-10-5-6-12-11(9-10)16-13(21(12)2)15(23)14(22(3)28(16,25)26)17(24)20-18-19-7-8-27-18/h5-9,23H,4H2,1-3H3,(H,19,20,24). The Morgan fingerprint density at radius 2 is 2.07 bits per heavy atom. The van der Waals surface area contributed by atoms with Crippen molar-refractivity contribution >= 4 is 49.1 Å². The number of sulfonamides is 1. The van der Waals surface area contributed by atoms with Crippen LogP contribution in [0, 0.1) is 0 Å². The average Bonchev–Trinajstić information content (AvgIpc) is 3.26. The van der Waals surface area contributed by atoms with E-state index < -0.39 is 21.7 Å². The maximum Gasteiger partial charge on any atom is 0.278 e. The number of rotatable bonds is 3. The summed E-state index contributed by atoms with van der Waals surface area (Å²) in [5.41, 5.74) is 1.40. The zero-order chi connectivity index (χ0) is 20.2. The normalized spacial score (nSPS) is 15.8. The van der Waals surface area contributed by atoms with Crippen molar-refractivity contribution in [2.24, 2.45) is 7.05 Å². The number of likely N-dealkylation sites (N-methyl/N-ethyl adjacent to an activating group) is 1. The number of carbonyl (C=O) groups is 1. The van der Waals surface area contributed by atoms with Crippen LogP contribution in [0.4, 0.5) is 5.13 Å². The minimum Gasteiger partial charge on any atom is -0.504 e. The maximum atomic E-state index is 13.3. The number of aryl methyl sites for hydroxylation is 2. The fourth-order valence-electron chi connectivity index (χ4n) is 3.42. The van der Waals surface area contributed by atoms with Crippen molar-refractivity contribution in [3.05, 3.63) is 46.7 Å². The molecule has 2 aromatic heterocycles. The molecule has 3 aromatic rings. The molecule has 1 aliphatic heterocycles. The van der Waals surface area contributed by atoms with Crippen molar-refractivity contribution in [1.82, 2.24) is 13.9 Å². The Balaban J connectivity index is 1.98. The molecule has 4 rings (SSSR count). The third-order valence-corrected chi connectivity index (χ3v) is 7.40. The van der Waals surface area contributed by atoms with E-state index in [9.17, 15) is 18.3 Å². The van der Waals surface area contributed by atoms with Crippen molar-refractivity contribution in [2.45, 2.75) is 18.2 Å². The number of nitrogens with zero attached hydrogens (tertiary/aromatic N) is 3. The fourth-order valence-corrected chi connectivity index (χ4v) is 5.54. The average molecular weight is 419 g/mol. The third-order valence-electron chi connectivity index (χ3n) is 4.88. The van der Waals surface area contributed by atoms with Crippen molar-refractivity contribution in [3.63, 3.8) is 0 Å². The molecule has 1 amide bonds. The van der Waals surface area contributed by atoms with Gasteiger partial charge in [0.05, 0.1) is 0 Å². The minimum atomic E-state index is -4.04. The molecule has 0 saturated carbocycles. The number of fused-ring (bicyclic) bond motifs is 3. The number of hydrogen-bond donors (Lipinski definition) is 2. The van der Waals surface area contributed by atoms with E-state index in [1.807, 2.05) is 25.1 Å². The Labute approximate surface area is 165 Å². The van der Waals surface area contributed by atoms with Crippen LogP contribution in [0.15, 0.2) is 40.4 Å². The molecule has 0 atom stereocenters. The largest absolute Gasteiger partial charge is 0.504 e. The van der Waals surface area contributed by atoms with Gasteiger partial charge in [0.2, 0.25) is 0 Å². The van der Waals surface area contributed by atoms with Gasteiger partial charge < -0.3 is 9.67 Å². The first kappa shape index (κ1) is 18.5.